The molecule has 0 amide bonds. The van der Waals surface area contributed by atoms with Gasteiger partial charge < -0.3 is 0 Å². The Labute approximate surface area is 188 Å². The SMILES string of the molecule is O=C(O)CC1=CC2C=CC(C(=O)[As]CCNc3ccccn3)=CC2Cc2ccccc21. The number of aromatic nitrogens is 1. The second-order valence-electron chi connectivity index (χ2n) is 7.67. The van der Waals surface area contributed by atoms with Crippen LogP contribution in [-0.4, -0.2) is 42.9 Å². The van der Waals surface area contributed by atoms with Crippen LogP contribution >= 0.6 is 0 Å². The van der Waals surface area contributed by atoms with Crippen LogP contribution in [-0.2, 0) is 16.0 Å². The number of rotatable bonds is 8. The standard InChI is InChI=1S/C25H24AsN2O3/c29-24(30)16-21-13-17-8-9-19(15-20(17)14-18-5-1-2-6-22(18)21)25(31)26-10-12-28-23-7-3-4-11-27-23/h1-9,11,13,15,17,20H,10,12,14,16H2,(H,27,28)(H,29,30). The summed E-state index contributed by atoms with van der Waals surface area (Å²) in [5.41, 5.74) is 3.82. The van der Waals surface area contributed by atoms with Crippen molar-refractivity contribution < 1.29 is 14.7 Å². The summed E-state index contributed by atoms with van der Waals surface area (Å²) in [6.07, 6.45) is 10.7. The predicted molar refractivity (Wildman–Crippen MR) is 123 cm³/mol. The third-order valence-corrected chi connectivity index (χ3v) is 7.61. The van der Waals surface area contributed by atoms with E-state index in [0.717, 1.165) is 46.3 Å². The summed E-state index contributed by atoms with van der Waals surface area (Å²) in [4.78, 5) is 28.4. The first kappa shape index (κ1) is 21.3. The van der Waals surface area contributed by atoms with E-state index in [1.165, 1.54) is 0 Å². The van der Waals surface area contributed by atoms with Crippen molar-refractivity contribution in [2.45, 2.75) is 18.1 Å². The summed E-state index contributed by atoms with van der Waals surface area (Å²) in [7, 11) is 0. The zero-order chi connectivity index (χ0) is 21.6. The first-order valence-electron chi connectivity index (χ1n) is 10.4. The van der Waals surface area contributed by atoms with Crippen LogP contribution in [0.4, 0.5) is 5.82 Å². The van der Waals surface area contributed by atoms with Gasteiger partial charge in [0.1, 0.15) is 0 Å². The van der Waals surface area contributed by atoms with E-state index in [0.29, 0.717) is 0 Å². The Morgan fingerprint density at radius 2 is 1.97 bits per heavy atom. The molecule has 0 saturated heterocycles. The van der Waals surface area contributed by atoms with Crippen LogP contribution in [0.25, 0.3) is 5.57 Å². The fourth-order valence-electron chi connectivity index (χ4n) is 4.08. The Morgan fingerprint density at radius 1 is 1.13 bits per heavy atom. The van der Waals surface area contributed by atoms with E-state index < -0.39 is 21.7 Å². The zero-order valence-electron chi connectivity index (χ0n) is 17.1. The van der Waals surface area contributed by atoms with Gasteiger partial charge in [0.25, 0.3) is 0 Å². The number of hydrogen-bond donors (Lipinski definition) is 2. The molecule has 1 heterocycles. The van der Waals surface area contributed by atoms with Crippen molar-refractivity contribution in [2.24, 2.45) is 11.8 Å². The Bertz CT molecular complexity index is 1060. The molecule has 4 rings (SSSR count). The maximum absolute atomic E-state index is 12.8. The molecule has 157 valence electrons. The molecule has 1 radical (unpaired) electrons. The minimum atomic E-state index is -0.825. The van der Waals surface area contributed by atoms with Crippen LogP contribution < -0.4 is 5.32 Å². The molecule has 2 aliphatic rings. The molecule has 1 aromatic carbocycles. The average molecular weight is 475 g/mol. The monoisotopic (exact) mass is 475 g/mol. The molecule has 5 nitrogen and oxygen atoms in total. The van der Waals surface area contributed by atoms with Gasteiger partial charge in [0.2, 0.25) is 0 Å². The number of carbonyl (C=O) groups excluding carboxylic acids is 1. The summed E-state index contributed by atoms with van der Waals surface area (Å²) < 4.78 is 0.237. The first-order valence-corrected chi connectivity index (χ1v) is 12.6. The number of nitrogens with zero attached hydrogens (tertiary/aromatic N) is 1. The number of carboxylic acid groups (broad SMARTS) is 1. The summed E-state index contributed by atoms with van der Waals surface area (Å²) >= 11 is -0.450. The van der Waals surface area contributed by atoms with Crippen molar-refractivity contribution in [1.29, 1.82) is 0 Å². The summed E-state index contributed by atoms with van der Waals surface area (Å²) in [6.45, 7) is 0.737. The van der Waals surface area contributed by atoms with Crippen molar-refractivity contribution in [2.75, 3.05) is 11.9 Å². The fourth-order valence-corrected chi connectivity index (χ4v) is 5.67. The number of benzene rings is 1. The molecule has 0 fully saturated rings. The number of anilines is 1. The van der Waals surface area contributed by atoms with Gasteiger partial charge in [-0.3, -0.25) is 0 Å². The van der Waals surface area contributed by atoms with Crippen LogP contribution in [0.5, 0.6) is 0 Å². The van der Waals surface area contributed by atoms with Crippen molar-refractivity contribution in [3.63, 3.8) is 0 Å². The van der Waals surface area contributed by atoms with Gasteiger partial charge in [-0.05, 0) is 0 Å². The van der Waals surface area contributed by atoms with Gasteiger partial charge in [0.05, 0.1) is 0 Å². The van der Waals surface area contributed by atoms with Gasteiger partial charge in [0.15, 0.2) is 0 Å². The van der Waals surface area contributed by atoms with E-state index in [4.69, 9.17) is 0 Å². The number of allylic oxidation sites excluding steroid dienone is 5. The van der Waals surface area contributed by atoms with E-state index >= 15 is 0 Å². The number of nitrogens with one attached hydrogen (secondary N) is 1. The van der Waals surface area contributed by atoms with Crippen molar-refractivity contribution >= 4 is 37.7 Å². The van der Waals surface area contributed by atoms with E-state index in [-0.39, 0.29) is 22.8 Å². The van der Waals surface area contributed by atoms with Crippen LogP contribution in [0.2, 0.25) is 5.21 Å². The topological polar surface area (TPSA) is 79.3 Å². The predicted octanol–water partition coefficient (Wildman–Crippen LogP) is 3.99. The Hall–Kier alpha value is -2.91. The number of hydrogen-bond acceptors (Lipinski definition) is 4. The molecule has 0 saturated carbocycles. The second kappa shape index (κ2) is 9.93. The Kier molecular flexibility index (Phi) is 6.83. The van der Waals surface area contributed by atoms with Crippen LogP contribution in [0, 0.1) is 11.8 Å². The molecule has 6 heteroatoms. The van der Waals surface area contributed by atoms with E-state index in [1.807, 2.05) is 42.5 Å². The zero-order valence-corrected chi connectivity index (χ0v) is 18.9. The number of aliphatic carboxylic acids is 1. The van der Waals surface area contributed by atoms with Crippen molar-refractivity contribution in [3.05, 3.63) is 89.7 Å². The molecular weight excluding hydrogens is 451 g/mol. The van der Waals surface area contributed by atoms with Gasteiger partial charge in [-0.2, -0.15) is 0 Å². The molecular formula is C25H24AsN2O3. The minimum absolute atomic E-state index is 0.0114. The van der Waals surface area contributed by atoms with E-state index in [1.54, 1.807) is 6.20 Å². The maximum atomic E-state index is 12.8. The van der Waals surface area contributed by atoms with Gasteiger partial charge in [-0.1, -0.05) is 0 Å². The van der Waals surface area contributed by atoms with Gasteiger partial charge in [-0.15, -0.1) is 0 Å². The Balaban J connectivity index is 1.43. The molecule has 1 aromatic heterocycles. The third-order valence-electron chi connectivity index (χ3n) is 5.53. The van der Waals surface area contributed by atoms with Crippen LogP contribution in [0.1, 0.15) is 17.5 Å². The molecule has 2 N–H and O–H groups in total. The summed E-state index contributed by atoms with van der Waals surface area (Å²) in [5, 5.41) is 13.4. The normalized spacial score (nSPS) is 19.7. The molecule has 2 atom stereocenters. The molecule has 0 aliphatic heterocycles. The van der Waals surface area contributed by atoms with Gasteiger partial charge in [-0.25, -0.2) is 0 Å². The van der Waals surface area contributed by atoms with Crippen molar-refractivity contribution in [1.82, 2.24) is 4.98 Å². The number of carboxylic acids is 1. The number of pyridine rings is 1. The average Bonchev–Trinajstić information content (AvgIpc) is 2.93. The quantitative estimate of drug-likeness (QED) is 0.446. The summed E-state index contributed by atoms with van der Waals surface area (Å²) in [6, 6.07) is 13.7. The summed E-state index contributed by atoms with van der Waals surface area (Å²) in [5.74, 6) is 0.288. The van der Waals surface area contributed by atoms with Crippen molar-refractivity contribution in [3.8, 4) is 0 Å². The Morgan fingerprint density at radius 3 is 2.77 bits per heavy atom. The third kappa shape index (κ3) is 5.42. The van der Waals surface area contributed by atoms with E-state index in [2.05, 4.69) is 34.6 Å². The number of carbonyl (C=O) groups is 2. The molecule has 0 spiro atoms. The molecule has 2 aliphatic carbocycles. The molecule has 31 heavy (non-hydrogen) atoms. The molecule has 2 unspecified atom stereocenters. The number of fused-ring (bicyclic) bond motifs is 2. The molecule has 0 bridgehead atoms. The van der Waals surface area contributed by atoms with Crippen LogP contribution in [0.3, 0.4) is 0 Å². The van der Waals surface area contributed by atoms with E-state index in [9.17, 15) is 14.7 Å². The fraction of sp³-hybridized carbons (Fsp3) is 0.240. The van der Waals surface area contributed by atoms with Crippen LogP contribution in [0.15, 0.2) is 78.5 Å². The first-order chi connectivity index (χ1) is 15.1. The molecule has 2 aromatic rings. The van der Waals surface area contributed by atoms with Gasteiger partial charge >= 0.3 is 189 Å². The second-order valence-corrected chi connectivity index (χ2v) is 10.1. The van der Waals surface area contributed by atoms with Gasteiger partial charge in [0, 0.05) is 0 Å².